The van der Waals surface area contributed by atoms with Gasteiger partial charge in [-0.2, -0.15) is 0 Å². The van der Waals surface area contributed by atoms with Crippen LogP contribution in [0.2, 0.25) is 0 Å². The molecule has 0 aliphatic carbocycles. The summed E-state index contributed by atoms with van der Waals surface area (Å²) < 4.78 is 0. The van der Waals surface area contributed by atoms with E-state index < -0.39 is 0 Å². The summed E-state index contributed by atoms with van der Waals surface area (Å²) in [7, 11) is 0. The van der Waals surface area contributed by atoms with Crippen molar-refractivity contribution < 1.29 is 4.79 Å². The zero-order valence-electron chi connectivity index (χ0n) is 12.0. The highest BCUT2D eigenvalue weighted by molar-refractivity contribution is 5.95. The lowest BCUT2D eigenvalue weighted by molar-refractivity contribution is 0.0939. The van der Waals surface area contributed by atoms with Gasteiger partial charge in [0.15, 0.2) is 0 Å². The summed E-state index contributed by atoms with van der Waals surface area (Å²) in [5.74, 6) is -0.178. The molecule has 2 aromatic rings. The molecule has 0 saturated heterocycles. The van der Waals surface area contributed by atoms with Crippen molar-refractivity contribution in [3.05, 3.63) is 89.6 Å². The standard InChI is InChI=1S/C18H18N2O/c1-14-8-6-7-11-17(14)18(21)20-19-15(2)12-13-16-9-4-3-5-10-16/h3-13,19H,2H2,1H3,(H,20,21). The smallest absolute Gasteiger partial charge is 0.269 e. The minimum absolute atomic E-state index is 0.178. The Bertz CT molecular complexity index is 660. The molecule has 1 amide bonds. The Morgan fingerprint density at radius 3 is 2.38 bits per heavy atom. The first-order valence-corrected chi connectivity index (χ1v) is 6.71. The lowest BCUT2D eigenvalue weighted by atomic mass is 10.1. The number of amides is 1. The molecule has 3 nitrogen and oxygen atoms in total. The van der Waals surface area contributed by atoms with Gasteiger partial charge in [-0.3, -0.25) is 15.6 Å². The maximum atomic E-state index is 12.0. The normalized spacial score (nSPS) is 10.3. The fourth-order valence-corrected chi connectivity index (χ4v) is 1.83. The molecule has 106 valence electrons. The summed E-state index contributed by atoms with van der Waals surface area (Å²) in [6, 6.07) is 17.3. The van der Waals surface area contributed by atoms with Crippen LogP contribution in [-0.2, 0) is 0 Å². The lowest BCUT2D eigenvalue weighted by Crippen LogP contribution is -2.36. The highest BCUT2D eigenvalue weighted by Gasteiger charge is 2.06. The first kappa shape index (κ1) is 14.6. The van der Waals surface area contributed by atoms with E-state index in [9.17, 15) is 4.79 Å². The van der Waals surface area contributed by atoms with Crippen LogP contribution >= 0.6 is 0 Å². The van der Waals surface area contributed by atoms with E-state index >= 15 is 0 Å². The van der Waals surface area contributed by atoms with Gasteiger partial charge < -0.3 is 0 Å². The molecule has 2 N–H and O–H groups in total. The topological polar surface area (TPSA) is 41.1 Å². The Balaban J connectivity index is 1.88. The Morgan fingerprint density at radius 2 is 1.67 bits per heavy atom. The first-order chi connectivity index (χ1) is 10.2. The van der Waals surface area contributed by atoms with Crippen LogP contribution in [0.5, 0.6) is 0 Å². The second-order valence-electron chi connectivity index (χ2n) is 4.66. The number of carbonyl (C=O) groups is 1. The summed E-state index contributed by atoms with van der Waals surface area (Å²) in [5.41, 5.74) is 8.70. The van der Waals surface area contributed by atoms with E-state index in [4.69, 9.17) is 0 Å². The Hall–Kier alpha value is -2.81. The van der Waals surface area contributed by atoms with Crippen LogP contribution < -0.4 is 10.9 Å². The maximum absolute atomic E-state index is 12.0. The van der Waals surface area contributed by atoms with Gasteiger partial charge >= 0.3 is 0 Å². The molecule has 0 heterocycles. The summed E-state index contributed by atoms with van der Waals surface area (Å²) in [6.45, 7) is 5.75. The van der Waals surface area contributed by atoms with Gasteiger partial charge in [-0.25, -0.2) is 0 Å². The van der Waals surface area contributed by atoms with E-state index in [1.54, 1.807) is 6.07 Å². The van der Waals surface area contributed by atoms with Gasteiger partial charge in [0.1, 0.15) is 0 Å². The molecule has 21 heavy (non-hydrogen) atoms. The van der Waals surface area contributed by atoms with E-state index in [-0.39, 0.29) is 5.91 Å². The number of hydrazine groups is 1. The Labute approximate surface area is 125 Å². The molecule has 0 bridgehead atoms. The predicted octanol–water partition coefficient (Wildman–Crippen LogP) is 3.46. The average Bonchev–Trinajstić information content (AvgIpc) is 2.52. The summed E-state index contributed by atoms with van der Waals surface area (Å²) in [5, 5.41) is 0. The number of rotatable bonds is 5. The van der Waals surface area contributed by atoms with Crippen LogP contribution in [-0.4, -0.2) is 5.91 Å². The van der Waals surface area contributed by atoms with Gasteiger partial charge in [-0.05, 0) is 30.2 Å². The van der Waals surface area contributed by atoms with Crippen molar-refractivity contribution in [3.8, 4) is 0 Å². The van der Waals surface area contributed by atoms with E-state index in [2.05, 4.69) is 17.4 Å². The predicted molar refractivity (Wildman–Crippen MR) is 86.4 cm³/mol. The van der Waals surface area contributed by atoms with Crippen molar-refractivity contribution in [2.75, 3.05) is 0 Å². The molecule has 2 rings (SSSR count). The van der Waals surface area contributed by atoms with Crippen molar-refractivity contribution in [2.45, 2.75) is 6.92 Å². The van der Waals surface area contributed by atoms with Crippen LogP contribution in [0.1, 0.15) is 21.5 Å². The Kier molecular flexibility index (Phi) is 4.94. The van der Waals surface area contributed by atoms with Gasteiger partial charge in [0.25, 0.3) is 5.91 Å². The van der Waals surface area contributed by atoms with Crippen molar-refractivity contribution >= 4 is 12.0 Å². The van der Waals surface area contributed by atoms with Crippen LogP contribution in [0.3, 0.4) is 0 Å². The molecule has 0 radical (unpaired) electrons. The third-order valence-corrected chi connectivity index (χ3v) is 3.00. The van der Waals surface area contributed by atoms with E-state index in [0.717, 1.165) is 11.1 Å². The first-order valence-electron chi connectivity index (χ1n) is 6.71. The highest BCUT2D eigenvalue weighted by Crippen LogP contribution is 2.06. The number of aryl methyl sites for hydroxylation is 1. The minimum atomic E-state index is -0.178. The maximum Gasteiger partial charge on any atom is 0.269 e. The van der Waals surface area contributed by atoms with Crippen molar-refractivity contribution in [2.24, 2.45) is 0 Å². The molecule has 0 saturated carbocycles. The van der Waals surface area contributed by atoms with Gasteiger partial charge in [0.2, 0.25) is 0 Å². The Morgan fingerprint density at radius 1 is 1.00 bits per heavy atom. The van der Waals surface area contributed by atoms with Gasteiger partial charge in [0.05, 0.1) is 0 Å². The van der Waals surface area contributed by atoms with Gasteiger partial charge in [0, 0.05) is 11.3 Å². The minimum Gasteiger partial charge on any atom is -0.299 e. The largest absolute Gasteiger partial charge is 0.299 e. The van der Waals surface area contributed by atoms with Crippen LogP contribution in [0.15, 0.2) is 72.9 Å². The number of hydrogen-bond acceptors (Lipinski definition) is 2. The molecule has 0 aliphatic heterocycles. The molecule has 0 fully saturated rings. The fourth-order valence-electron chi connectivity index (χ4n) is 1.83. The lowest BCUT2D eigenvalue weighted by Gasteiger charge is -2.09. The summed E-state index contributed by atoms with van der Waals surface area (Å²) in [6.07, 6.45) is 3.74. The monoisotopic (exact) mass is 278 g/mol. The number of allylic oxidation sites excluding steroid dienone is 1. The fraction of sp³-hybridized carbons (Fsp3) is 0.0556. The third kappa shape index (κ3) is 4.35. The molecule has 3 heteroatoms. The number of benzene rings is 2. The summed E-state index contributed by atoms with van der Waals surface area (Å²) >= 11 is 0. The zero-order valence-corrected chi connectivity index (χ0v) is 12.0. The number of hydrogen-bond donors (Lipinski definition) is 2. The summed E-state index contributed by atoms with van der Waals surface area (Å²) in [4.78, 5) is 12.0. The van der Waals surface area contributed by atoms with Gasteiger partial charge in [-0.15, -0.1) is 0 Å². The van der Waals surface area contributed by atoms with Crippen molar-refractivity contribution in [1.82, 2.24) is 10.9 Å². The molecule has 0 spiro atoms. The quantitative estimate of drug-likeness (QED) is 0.649. The molecular weight excluding hydrogens is 260 g/mol. The van der Waals surface area contributed by atoms with Crippen LogP contribution in [0, 0.1) is 6.92 Å². The van der Waals surface area contributed by atoms with E-state index in [1.165, 1.54) is 0 Å². The zero-order chi connectivity index (χ0) is 15.1. The van der Waals surface area contributed by atoms with Crippen molar-refractivity contribution in [1.29, 1.82) is 0 Å². The van der Waals surface area contributed by atoms with E-state index in [0.29, 0.717) is 11.3 Å². The second-order valence-corrected chi connectivity index (χ2v) is 4.66. The van der Waals surface area contributed by atoms with Crippen molar-refractivity contribution in [3.63, 3.8) is 0 Å². The number of carbonyl (C=O) groups excluding carboxylic acids is 1. The highest BCUT2D eigenvalue weighted by atomic mass is 16.2. The second kappa shape index (κ2) is 7.10. The van der Waals surface area contributed by atoms with Crippen LogP contribution in [0.25, 0.3) is 6.08 Å². The molecular formula is C18H18N2O. The van der Waals surface area contributed by atoms with E-state index in [1.807, 2.05) is 67.6 Å². The molecule has 0 unspecified atom stereocenters. The van der Waals surface area contributed by atoms with Gasteiger partial charge in [-0.1, -0.05) is 61.2 Å². The molecule has 0 aliphatic rings. The third-order valence-electron chi connectivity index (χ3n) is 3.00. The molecule has 0 atom stereocenters. The SMILES string of the molecule is C=C(C=Cc1ccccc1)NNC(=O)c1ccccc1C. The average molecular weight is 278 g/mol. The van der Waals surface area contributed by atoms with Crippen LogP contribution in [0.4, 0.5) is 0 Å². The molecule has 2 aromatic carbocycles. The molecule has 0 aromatic heterocycles. The number of nitrogens with one attached hydrogen (secondary N) is 2.